The van der Waals surface area contributed by atoms with E-state index in [0.717, 1.165) is 47.6 Å². The molecule has 1 fully saturated rings. The first kappa shape index (κ1) is 22.9. The number of alkyl halides is 3. The fourth-order valence-corrected chi connectivity index (χ4v) is 3.70. The van der Waals surface area contributed by atoms with Crippen molar-refractivity contribution in [3.05, 3.63) is 78.0 Å². The van der Waals surface area contributed by atoms with Gasteiger partial charge in [0.25, 0.3) is 0 Å². The van der Waals surface area contributed by atoms with E-state index >= 15 is 0 Å². The largest absolute Gasteiger partial charge is 0.472 e. The number of hydrogen-bond donors (Lipinski definition) is 1. The number of aromatic nitrogens is 1. The molecule has 4 nitrogen and oxygen atoms in total. The molecule has 1 saturated heterocycles. The molecule has 8 heteroatoms. The fraction of sp³-hybridized carbons (Fsp3) is 0.261. The number of nitrogens with two attached hydrogens (primary N) is 1. The molecule has 31 heavy (non-hydrogen) atoms. The summed E-state index contributed by atoms with van der Waals surface area (Å²) >= 11 is 0. The van der Waals surface area contributed by atoms with Gasteiger partial charge in [-0.2, -0.15) is 13.2 Å². The molecular weight excluding hydrogens is 427 g/mol. The van der Waals surface area contributed by atoms with E-state index in [1.165, 1.54) is 6.07 Å². The smallest absolute Gasteiger partial charge is 0.417 e. The van der Waals surface area contributed by atoms with Gasteiger partial charge in [0, 0.05) is 37.5 Å². The van der Waals surface area contributed by atoms with Gasteiger partial charge >= 0.3 is 6.18 Å². The monoisotopic (exact) mass is 449 g/mol. The van der Waals surface area contributed by atoms with Gasteiger partial charge in [-0.3, -0.25) is 0 Å². The summed E-state index contributed by atoms with van der Waals surface area (Å²) in [6, 6.07) is 18.6. The van der Waals surface area contributed by atoms with Crippen LogP contribution in [-0.4, -0.2) is 24.2 Å². The van der Waals surface area contributed by atoms with E-state index in [2.05, 4.69) is 40.2 Å². The summed E-state index contributed by atoms with van der Waals surface area (Å²) in [4.78, 5) is 6.00. The standard InChI is InChI=1S/C23H22F3N3O.ClH/c24-23(25,26)19-7-9-22(28-14-19)30-20-10-11-29(15-20)21-8-6-17(12-18(21)13-27)16-4-2-1-3-5-16;/h1-9,12,14,20H,10-11,13,15,27H2;1H/t20-;/m1./s1. The Hall–Kier alpha value is -2.77. The summed E-state index contributed by atoms with van der Waals surface area (Å²) < 4.78 is 43.8. The van der Waals surface area contributed by atoms with Crippen LogP contribution in [0.5, 0.6) is 5.88 Å². The van der Waals surface area contributed by atoms with Crippen LogP contribution in [0.25, 0.3) is 11.1 Å². The highest BCUT2D eigenvalue weighted by Gasteiger charge is 2.31. The van der Waals surface area contributed by atoms with Crippen LogP contribution in [0, 0.1) is 0 Å². The van der Waals surface area contributed by atoms with E-state index in [9.17, 15) is 13.2 Å². The SMILES string of the molecule is Cl.NCc1cc(-c2ccccc2)ccc1N1CC[C@@H](Oc2ccc(C(F)(F)F)cn2)C1. The number of hydrogen-bond acceptors (Lipinski definition) is 4. The lowest BCUT2D eigenvalue weighted by molar-refractivity contribution is -0.137. The molecule has 0 radical (unpaired) electrons. The van der Waals surface area contributed by atoms with Gasteiger partial charge in [0.2, 0.25) is 5.88 Å². The van der Waals surface area contributed by atoms with Gasteiger partial charge in [-0.15, -0.1) is 12.4 Å². The molecule has 1 atom stereocenters. The predicted octanol–water partition coefficient (Wildman–Crippen LogP) is 5.31. The van der Waals surface area contributed by atoms with E-state index in [0.29, 0.717) is 13.1 Å². The molecule has 0 amide bonds. The van der Waals surface area contributed by atoms with Crippen molar-refractivity contribution in [3.63, 3.8) is 0 Å². The molecule has 1 aliphatic rings. The van der Waals surface area contributed by atoms with E-state index < -0.39 is 11.7 Å². The van der Waals surface area contributed by atoms with Gasteiger partial charge in [0.1, 0.15) is 6.10 Å². The predicted molar refractivity (Wildman–Crippen MR) is 118 cm³/mol. The maximum atomic E-state index is 12.7. The molecule has 0 spiro atoms. The van der Waals surface area contributed by atoms with Gasteiger partial charge in [-0.1, -0.05) is 36.4 Å². The number of ether oxygens (including phenoxy) is 1. The van der Waals surface area contributed by atoms with Gasteiger partial charge in [0.15, 0.2) is 0 Å². The zero-order valence-electron chi connectivity index (χ0n) is 16.7. The first-order valence-electron chi connectivity index (χ1n) is 9.77. The second kappa shape index (κ2) is 9.58. The van der Waals surface area contributed by atoms with E-state index in [-0.39, 0.29) is 24.4 Å². The number of nitrogens with zero attached hydrogens (tertiary/aromatic N) is 2. The molecule has 1 aliphatic heterocycles. The Kier molecular flexibility index (Phi) is 7.08. The molecule has 3 aromatic rings. The third-order valence-corrected chi connectivity index (χ3v) is 5.24. The minimum Gasteiger partial charge on any atom is -0.472 e. The lowest BCUT2D eigenvalue weighted by atomic mass is 10.0. The highest BCUT2D eigenvalue weighted by Crippen LogP contribution is 2.32. The molecule has 0 saturated carbocycles. The summed E-state index contributed by atoms with van der Waals surface area (Å²) in [6.45, 7) is 1.82. The minimum absolute atomic E-state index is 0. The Morgan fingerprint density at radius 1 is 1.03 bits per heavy atom. The Bertz CT molecular complexity index is 997. The van der Waals surface area contributed by atoms with Gasteiger partial charge in [-0.25, -0.2) is 4.98 Å². The third kappa shape index (κ3) is 5.29. The fourth-order valence-electron chi connectivity index (χ4n) is 3.70. The number of anilines is 1. The van der Waals surface area contributed by atoms with Crippen LogP contribution in [0.4, 0.5) is 18.9 Å². The molecule has 2 heterocycles. The summed E-state index contributed by atoms with van der Waals surface area (Å²) in [5, 5.41) is 0. The zero-order valence-corrected chi connectivity index (χ0v) is 17.5. The number of halogens is 4. The Morgan fingerprint density at radius 3 is 2.45 bits per heavy atom. The van der Waals surface area contributed by atoms with Crippen LogP contribution in [0.3, 0.4) is 0 Å². The highest BCUT2D eigenvalue weighted by atomic mass is 35.5. The van der Waals surface area contributed by atoms with Crippen molar-refractivity contribution in [3.8, 4) is 17.0 Å². The molecule has 0 unspecified atom stereocenters. The Morgan fingerprint density at radius 2 is 1.81 bits per heavy atom. The van der Waals surface area contributed by atoms with E-state index in [1.54, 1.807) is 0 Å². The summed E-state index contributed by atoms with van der Waals surface area (Å²) in [6.07, 6.45) is -2.99. The molecule has 2 N–H and O–H groups in total. The summed E-state index contributed by atoms with van der Waals surface area (Å²) in [5.41, 5.74) is 9.58. The van der Waals surface area contributed by atoms with Crippen molar-refractivity contribution in [1.82, 2.24) is 4.98 Å². The topological polar surface area (TPSA) is 51.4 Å². The molecule has 0 aliphatic carbocycles. The van der Waals surface area contributed by atoms with Gasteiger partial charge < -0.3 is 15.4 Å². The van der Waals surface area contributed by atoms with E-state index in [4.69, 9.17) is 10.5 Å². The van der Waals surface area contributed by atoms with Crippen LogP contribution < -0.4 is 15.4 Å². The second-order valence-corrected chi connectivity index (χ2v) is 7.27. The van der Waals surface area contributed by atoms with Crippen molar-refractivity contribution in [1.29, 1.82) is 0 Å². The Balaban J connectivity index is 0.00000272. The van der Waals surface area contributed by atoms with Crippen LogP contribution in [-0.2, 0) is 12.7 Å². The maximum Gasteiger partial charge on any atom is 0.417 e. The zero-order chi connectivity index (χ0) is 21.1. The van der Waals surface area contributed by atoms with Crippen molar-refractivity contribution in [2.24, 2.45) is 5.73 Å². The first-order chi connectivity index (χ1) is 14.4. The number of benzene rings is 2. The second-order valence-electron chi connectivity index (χ2n) is 7.27. The van der Waals surface area contributed by atoms with E-state index in [1.807, 2.05) is 18.2 Å². The molecule has 2 aromatic carbocycles. The molecule has 4 rings (SSSR count). The normalized spacial score (nSPS) is 16.1. The molecule has 164 valence electrons. The average molecular weight is 450 g/mol. The van der Waals surface area contributed by atoms with Crippen molar-refractivity contribution < 1.29 is 17.9 Å². The molecule has 0 bridgehead atoms. The van der Waals surface area contributed by atoms with Crippen molar-refractivity contribution in [2.75, 3.05) is 18.0 Å². The molecule has 1 aromatic heterocycles. The lowest BCUT2D eigenvalue weighted by Crippen LogP contribution is -2.26. The van der Waals surface area contributed by atoms with Gasteiger partial charge in [0.05, 0.1) is 12.1 Å². The number of rotatable bonds is 5. The molecular formula is C23H23ClF3N3O. The summed E-state index contributed by atoms with van der Waals surface area (Å²) in [7, 11) is 0. The minimum atomic E-state index is -4.40. The lowest BCUT2D eigenvalue weighted by Gasteiger charge is -2.22. The average Bonchev–Trinajstić information content (AvgIpc) is 3.22. The maximum absolute atomic E-state index is 12.7. The summed E-state index contributed by atoms with van der Waals surface area (Å²) in [5.74, 6) is 0.202. The Labute approximate surface area is 185 Å². The van der Waals surface area contributed by atoms with Crippen LogP contribution in [0.2, 0.25) is 0 Å². The third-order valence-electron chi connectivity index (χ3n) is 5.24. The number of pyridine rings is 1. The van der Waals surface area contributed by atoms with Crippen LogP contribution in [0.1, 0.15) is 17.5 Å². The van der Waals surface area contributed by atoms with Crippen LogP contribution in [0.15, 0.2) is 66.9 Å². The first-order valence-corrected chi connectivity index (χ1v) is 9.77. The highest BCUT2D eigenvalue weighted by molar-refractivity contribution is 5.85. The quantitative estimate of drug-likeness (QED) is 0.574. The van der Waals surface area contributed by atoms with Gasteiger partial charge in [-0.05, 0) is 34.9 Å². The van der Waals surface area contributed by atoms with Crippen molar-refractivity contribution in [2.45, 2.75) is 25.2 Å². The van der Waals surface area contributed by atoms with Crippen LogP contribution >= 0.6 is 12.4 Å². The van der Waals surface area contributed by atoms with Crippen molar-refractivity contribution >= 4 is 18.1 Å².